The molecule has 2 heterocycles. The molecule has 1 aromatic heterocycles. The Balaban J connectivity index is 1.44. The van der Waals surface area contributed by atoms with Crippen LogP contribution in [-0.2, 0) is 16.0 Å². The number of rotatable bonds is 8. The zero-order valence-corrected chi connectivity index (χ0v) is 18.9. The van der Waals surface area contributed by atoms with Crippen molar-refractivity contribution in [2.24, 2.45) is 0 Å². The van der Waals surface area contributed by atoms with Gasteiger partial charge in [0.1, 0.15) is 5.69 Å². The fourth-order valence-electron chi connectivity index (χ4n) is 4.18. The summed E-state index contributed by atoms with van der Waals surface area (Å²) in [5, 5.41) is 0. The van der Waals surface area contributed by atoms with E-state index in [-0.39, 0.29) is 5.91 Å². The predicted molar refractivity (Wildman–Crippen MR) is 125 cm³/mol. The maximum Gasteiger partial charge on any atom is 0.223 e. The highest BCUT2D eigenvalue weighted by molar-refractivity contribution is 5.78. The molecule has 1 saturated heterocycles. The summed E-state index contributed by atoms with van der Waals surface area (Å²) < 4.78 is 11.4. The van der Waals surface area contributed by atoms with Gasteiger partial charge in [0.2, 0.25) is 5.91 Å². The van der Waals surface area contributed by atoms with Crippen molar-refractivity contribution in [1.29, 1.82) is 0 Å². The Labute approximate surface area is 189 Å². The van der Waals surface area contributed by atoms with Crippen molar-refractivity contribution in [1.82, 2.24) is 14.8 Å². The molecule has 1 aliphatic heterocycles. The monoisotopic (exact) mass is 433 g/mol. The van der Waals surface area contributed by atoms with Gasteiger partial charge in [0, 0.05) is 63.3 Å². The second kappa shape index (κ2) is 10.6. The van der Waals surface area contributed by atoms with Crippen LogP contribution in [0.25, 0.3) is 22.6 Å². The molecule has 6 heteroatoms. The molecule has 1 aliphatic rings. The van der Waals surface area contributed by atoms with E-state index in [2.05, 4.69) is 11.8 Å². The Hall–Kier alpha value is -2.96. The Morgan fingerprint density at radius 2 is 1.75 bits per heavy atom. The van der Waals surface area contributed by atoms with Crippen LogP contribution in [0.4, 0.5) is 0 Å². The first kappa shape index (κ1) is 22.2. The molecule has 1 atom stereocenters. The van der Waals surface area contributed by atoms with Crippen molar-refractivity contribution in [3.8, 4) is 22.6 Å². The number of methoxy groups -OCH3 is 1. The van der Waals surface area contributed by atoms with Gasteiger partial charge in [-0.15, -0.1) is 0 Å². The predicted octanol–water partition coefficient (Wildman–Crippen LogP) is 4.12. The first-order chi connectivity index (χ1) is 15.7. The lowest BCUT2D eigenvalue weighted by molar-refractivity contribution is -0.134. The second-order valence-corrected chi connectivity index (χ2v) is 8.23. The average molecular weight is 434 g/mol. The smallest absolute Gasteiger partial charge is 0.223 e. The number of ether oxygens (including phenoxy) is 1. The van der Waals surface area contributed by atoms with Crippen LogP contribution in [0.3, 0.4) is 0 Å². The first-order valence-corrected chi connectivity index (χ1v) is 11.3. The van der Waals surface area contributed by atoms with Gasteiger partial charge < -0.3 is 14.1 Å². The number of aryl methyl sites for hydroxylation is 1. The summed E-state index contributed by atoms with van der Waals surface area (Å²) in [7, 11) is 1.72. The Morgan fingerprint density at radius 1 is 1.06 bits per heavy atom. The Bertz CT molecular complexity index is 947. The highest BCUT2D eigenvalue weighted by atomic mass is 16.5. The van der Waals surface area contributed by atoms with Crippen LogP contribution in [-0.4, -0.2) is 66.6 Å². The number of amides is 1. The van der Waals surface area contributed by atoms with Crippen LogP contribution in [0, 0.1) is 0 Å². The lowest BCUT2D eigenvalue weighted by Gasteiger charge is -2.39. The fraction of sp³-hybridized carbons (Fsp3) is 0.385. The number of nitrogens with zero attached hydrogens (tertiary/aromatic N) is 3. The largest absolute Gasteiger partial charge is 0.440 e. The SMILES string of the molecule is COCCN1CCN(C(=O)CCc2nc(-c3ccccc3)c(-c3ccccc3)o2)CC1C. The summed E-state index contributed by atoms with van der Waals surface area (Å²) >= 11 is 0. The van der Waals surface area contributed by atoms with Gasteiger partial charge in [-0.05, 0) is 6.92 Å². The zero-order chi connectivity index (χ0) is 22.3. The van der Waals surface area contributed by atoms with E-state index < -0.39 is 0 Å². The van der Waals surface area contributed by atoms with E-state index in [4.69, 9.17) is 14.1 Å². The Kier molecular flexibility index (Phi) is 7.35. The molecule has 0 spiro atoms. The number of carbonyl (C=O) groups is 1. The molecule has 0 saturated carbocycles. The Morgan fingerprint density at radius 3 is 2.41 bits per heavy atom. The minimum atomic E-state index is 0.156. The molecule has 0 radical (unpaired) electrons. The maximum atomic E-state index is 12.9. The lowest BCUT2D eigenvalue weighted by atomic mass is 10.1. The second-order valence-electron chi connectivity index (χ2n) is 8.23. The molecule has 6 nitrogen and oxygen atoms in total. The molecule has 0 N–H and O–H groups in total. The van der Waals surface area contributed by atoms with Crippen LogP contribution < -0.4 is 0 Å². The van der Waals surface area contributed by atoms with E-state index in [0.717, 1.165) is 55.4 Å². The van der Waals surface area contributed by atoms with Gasteiger partial charge in [0.15, 0.2) is 11.7 Å². The molecule has 4 rings (SSSR count). The maximum absolute atomic E-state index is 12.9. The van der Waals surface area contributed by atoms with Crippen LogP contribution in [0.15, 0.2) is 65.1 Å². The van der Waals surface area contributed by atoms with Gasteiger partial charge in [-0.25, -0.2) is 4.98 Å². The summed E-state index contributed by atoms with van der Waals surface area (Å²) in [6.45, 7) is 6.17. The van der Waals surface area contributed by atoms with Gasteiger partial charge in [-0.3, -0.25) is 9.69 Å². The van der Waals surface area contributed by atoms with Crippen molar-refractivity contribution < 1.29 is 13.9 Å². The van der Waals surface area contributed by atoms with E-state index in [0.29, 0.717) is 24.8 Å². The van der Waals surface area contributed by atoms with Gasteiger partial charge in [0.05, 0.1) is 6.61 Å². The molecule has 0 bridgehead atoms. The van der Waals surface area contributed by atoms with Crippen molar-refractivity contribution >= 4 is 5.91 Å². The first-order valence-electron chi connectivity index (χ1n) is 11.3. The zero-order valence-electron chi connectivity index (χ0n) is 18.9. The minimum Gasteiger partial charge on any atom is -0.440 e. The normalized spacial score (nSPS) is 16.9. The molecule has 1 amide bonds. The van der Waals surface area contributed by atoms with Crippen LogP contribution in [0.2, 0.25) is 0 Å². The molecule has 1 fully saturated rings. The number of hydrogen-bond donors (Lipinski definition) is 0. The number of aromatic nitrogens is 1. The number of piperazine rings is 1. The summed E-state index contributed by atoms with van der Waals surface area (Å²) in [5.41, 5.74) is 2.81. The van der Waals surface area contributed by atoms with E-state index in [1.807, 2.05) is 65.6 Å². The highest BCUT2D eigenvalue weighted by Gasteiger charge is 2.26. The molecule has 168 valence electrons. The third kappa shape index (κ3) is 5.26. The standard InChI is InChI=1S/C26H31N3O3/c1-20-19-29(16-15-28(20)17-18-31-2)24(30)14-13-23-27-25(21-9-5-3-6-10-21)26(32-23)22-11-7-4-8-12-22/h3-12,20H,13-19H2,1-2H3. The summed E-state index contributed by atoms with van der Waals surface area (Å²) in [4.78, 5) is 22.0. The van der Waals surface area contributed by atoms with E-state index >= 15 is 0 Å². The number of hydrogen-bond acceptors (Lipinski definition) is 5. The van der Waals surface area contributed by atoms with Crippen LogP contribution in [0.1, 0.15) is 19.2 Å². The average Bonchev–Trinajstić information content (AvgIpc) is 3.27. The van der Waals surface area contributed by atoms with Gasteiger partial charge in [0.25, 0.3) is 0 Å². The van der Waals surface area contributed by atoms with Gasteiger partial charge >= 0.3 is 0 Å². The quantitative estimate of drug-likeness (QED) is 0.535. The van der Waals surface area contributed by atoms with Crippen molar-refractivity contribution in [3.63, 3.8) is 0 Å². The molecule has 3 aromatic rings. The molecule has 1 unspecified atom stereocenters. The summed E-state index contributed by atoms with van der Waals surface area (Å²) in [5.74, 6) is 1.51. The van der Waals surface area contributed by atoms with Gasteiger partial charge in [-0.1, -0.05) is 60.7 Å². The molecular weight excluding hydrogens is 402 g/mol. The van der Waals surface area contributed by atoms with E-state index in [1.165, 1.54) is 0 Å². The van der Waals surface area contributed by atoms with Crippen molar-refractivity contribution in [2.45, 2.75) is 25.8 Å². The number of oxazole rings is 1. The van der Waals surface area contributed by atoms with E-state index in [9.17, 15) is 4.79 Å². The third-order valence-corrected chi connectivity index (χ3v) is 6.01. The van der Waals surface area contributed by atoms with Crippen LogP contribution >= 0.6 is 0 Å². The summed E-state index contributed by atoms with van der Waals surface area (Å²) in [6.07, 6.45) is 0.886. The minimum absolute atomic E-state index is 0.156. The molecule has 32 heavy (non-hydrogen) atoms. The van der Waals surface area contributed by atoms with Crippen molar-refractivity contribution in [2.75, 3.05) is 39.9 Å². The molecule has 2 aromatic carbocycles. The third-order valence-electron chi connectivity index (χ3n) is 6.01. The molecular formula is C26H31N3O3. The van der Waals surface area contributed by atoms with Crippen LogP contribution in [0.5, 0.6) is 0 Å². The topological polar surface area (TPSA) is 58.8 Å². The van der Waals surface area contributed by atoms with Gasteiger partial charge in [-0.2, -0.15) is 0 Å². The van der Waals surface area contributed by atoms with E-state index in [1.54, 1.807) is 7.11 Å². The lowest BCUT2D eigenvalue weighted by Crippen LogP contribution is -2.54. The molecule has 0 aliphatic carbocycles. The fourth-order valence-corrected chi connectivity index (χ4v) is 4.18. The van der Waals surface area contributed by atoms with Crippen molar-refractivity contribution in [3.05, 3.63) is 66.6 Å². The summed E-state index contributed by atoms with van der Waals surface area (Å²) in [6, 6.07) is 20.4. The number of benzene rings is 2. The highest BCUT2D eigenvalue weighted by Crippen LogP contribution is 2.32. The number of carbonyl (C=O) groups excluding carboxylic acids is 1.